The summed E-state index contributed by atoms with van der Waals surface area (Å²) in [6.07, 6.45) is 2.96. The molecule has 7 rings (SSSR count). The van der Waals surface area contributed by atoms with Crippen molar-refractivity contribution < 1.29 is 8.42 Å². The SMILES string of the molecule is CS(=O)(=O)c1cc2nc(-c3ccccc3)c(-c3ccc(CN4CCC(n5c(=O)[nH]c6ccccc65)CC4)cc3)nc2cc1Cl. The van der Waals surface area contributed by atoms with Crippen molar-refractivity contribution in [1.82, 2.24) is 24.4 Å². The van der Waals surface area contributed by atoms with Gasteiger partial charge in [0.25, 0.3) is 0 Å². The van der Waals surface area contributed by atoms with Crippen molar-refractivity contribution in [3.05, 3.63) is 112 Å². The Hall–Kier alpha value is -4.31. The minimum atomic E-state index is -3.53. The fourth-order valence-electron chi connectivity index (χ4n) is 6.14. The van der Waals surface area contributed by atoms with Crippen molar-refractivity contribution in [2.24, 2.45) is 0 Å². The van der Waals surface area contributed by atoms with Crippen LogP contribution in [0.15, 0.2) is 101 Å². The predicted molar refractivity (Wildman–Crippen MR) is 175 cm³/mol. The van der Waals surface area contributed by atoms with E-state index in [4.69, 9.17) is 21.6 Å². The molecule has 6 aromatic rings. The maximum absolute atomic E-state index is 12.7. The van der Waals surface area contributed by atoms with E-state index in [0.29, 0.717) is 22.4 Å². The number of rotatable bonds is 6. The minimum Gasteiger partial charge on any atom is -0.306 e. The van der Waals surface area contributed by atoms with E-state index in [1.54, 1.807) is 6.07 Å². The number of hydrogen-bond acceptors (Lipinski definition) is 6. The number of benzene rings is 4. The van der Waals surface area contributed by atoms with Crippen LogP contribution in [0.1, 0.15) is 24.4 Å². The number of piperidine rings is 1. The summed E-state index contributed by atoms with van der Waals surface area (Å²) in [6, 6.07) is 29.2. The highest BCUT2D eigenvalue weighted by Crippen LogP contribution is 2.34. The molecule has 0 aliphatic carbocycles. The molecule has 0 atom stereocenters. The molecule has 3 heterocycles. The largest absolute Gasteiger partial charge is 0.326 e. The van der Waals surface area contributed by atoms with E-state index in [9.17, 15) is 13.2 Å². The zero-order chi connectivity index (χ0) is 30.4. The first-order valence-corrected chi connectivity index (χ1v) is 16.8. The van der Waals surface area contributed by atoms with Gasteiger partial charge in [0.05, 0.1) is 43.4 Å². The van der Waals surface area contributed by atoms with E-state index < -0.39 is 9.84 Å². The van der Waals surface area contributed by atoms with Gasteiger partial charge in [-0.1, -0.05) is 78.3 Å². The zero-order valence-electron chi connectivity index (χ0n) is 24.1. The zero-order valence-corrected chi connectivity index (χ0v) is 25.6. The maximum atomic E-state index is 12.7. The smallest absolute Gasteiger partial charge is 0.306 e. The Balaban J connectivity index is 1.14. The van der Waals surface area contributed by atoms with E-state index in [1.165, 1.54) is 11.6 Å². The Morgan fingerprint density at radius 2 is 1.45 bits per heavy atom. The molecule has 1 fully saturated rings. The first-order chi connectivity index (χ1) is 21.2. The Kier molecular flexibility index (Phi) is 7.32. The lowest BCUT2D eigenvalue weighted by Gasteiger charge is -2.32. The van der Waals surface area contributed by atoms with Gasteiger partial charge >= 0.3 is 5.69 Å². The summed E-state index contributed by atoms with van der Waals surface area (Å²) in [5.41, 5.74) is 7.15. The highest BCUT2D eigenvalue weighted by Gasteiger charge is 2.24. The van der Waals surface area contributed by atoms with Crippen LogP contribution in [0.3, 0.4) is 0 Å². The lowest BCUT2D eigenvalue weighted by atomic mass is 10.0. The second-order valence-electron chi connectivity index (χ2n) is 11.4. The summed E-state index contributed by atoms with van der Waals surface area (Å²) in [6.45, 7) is 2.63. The van der Waals surface area contributed by atoms with Gasteiger partial charge in [0, 0.05) is 43.1 Å². The van der Waals surface area contributed by atoms with Crippen LogP contribution in [0.5, 0.6) is 0 Å². The third-order valence-electron chi connectivity index (χ3n) is 8.34. The summed E-state index contributed by atoms with van der Waals surface area (Å²) in [4.78, 5) is 27.9. The van der Waals surface area contributed by atoms with Gasteiger partial charge in [0.1, 0.15) is 0 Å². The first kappa shape index (κ1) is 28.5. The molecule has 1 aliphatic heterocycles. The molecule has 0 amide bonds. The second-order valence-corrected chi connectivity index (χ2v) is 13.7. The molecule has 222 valence electrons. The standard InChI is InChI=1S/C34H30ClN5O3S/c1-44(42,43)31-20-29-28(19-26(31)35)36-33(32(37-29)23-7-3-2-4-8-23)24-13-11-22(12-14-24)21-39-17-15-25(16-18-39)40-30-10-6-5-9-27(30)38-34(40)41/h2-14,19-20,25H,15-18,21H2,1H3,(H,38,41). The number of likely N-dealkylation sites (tertiary alicyclic amines) is 1. The van der Waals surface area contributed by atoms with Gasteiger partial charge < -0.3 is 4.98 Å². The number of sulfone groups is 1. The summed E-state index contributed by atoms with van der Waals surface area (Å²) < 4.78 is 26.5. The number of aromatic amines is 1. The van der Waals surface area contributed by atoms with E-state index in [-0.39, 0.29) is 21.6 Å². The Morgan fingerprint density at radius 3 is 2.14 bits per heavy atom. The number of para-hydroxylation sites is 2. The van der Waals surface area contributed by atoms with Crippen molar-refractivity contribution in [3.63, 3.8) is 0 Å². The number of hydrogen-bond donors (Lipinski definition) is 1. The normalized spacial score (nSPS) is 14.9. The Morgan fingerprint density at radius 1 is 0.841 bits per heavy atom. The lowest BCUT2D eigenvalue weighted by molar-refractivity contribution is 0.180. The average Bonchev–Trinajstić information content (AvgIpc) is 3.36. The number of nitrogens with one attached hydrogen (secondary N) is 1. The molecule has 0 saturated carbocycles. The van der Waals surface area contributed by atoms with Gasteiger partial charge in [-0.05, 0) is 42.7 Å². The monoisotopic (exact) mass is 623 g/mol. The molecule has 2 aromatic heterocycles. The molecule has 0 radical (unpaired) electrons. The van der Waals surface area contributed by atoms with E-state index in [2.05, 4.69) is 34.1 Å². The van der Waals surface area contributed by atoms with Gasteiger partial charge in [-0.25, -0.2) is 23.2 Å². The predicted octanol–water partition coefficient (Wildman–Crippen LogP) is 6.50. The summed E-state index contributed by atoms with van der Waals surface area (Å²) in [5, 5.41) is 0.126. The maximum Gasteiger partial charge on any atom is 0.326 e. The molecule has 0 bridgehead atoms. The Labute approximate surface area is 259 Å². The molecular weight excluding hydrogens is 594 g/mol. The molecule has 0 spiro atoms. The van der Waals surface area contributed by atoms with Crippen LogP contribution < -0.4 is 5.69 Å². The molecular formula is C34H30ClN5O3S. The number of aromatic nitrogens is 4. The summed E-state index contributed by atoms with van der Waals surface area (Å²) >= 11 is 6.36. The van der Waals surface area contributed by atoms with Gasteiger partial charge in [-0.2, -0.15) is 0 Å². The van der Waals surface area contributed by atoms with Crippen molar-refractivity contribution in [2.75, 3.05) is 19.3 Å². The summed E-state index contributed by atoms with van der Waals surface area (Å²) in [7, 11) is -3.53. The topological polar surface area (TPSA) is 101 Å². The second kappa shape index (κ2) is 11.3. The van der Waals surface area contributed by atoms with E-state index in [1.807, 2.05) is 59.2 Å². The highest BCUT2D eigenvalue weighted by atomic mass is 35.5. The van der Waals surface area contributed by atoms with Gasteiger partial charge in [0.2, 0.25) is 0 Å². The molecule has 1 aliphatic rings. The van der Waals surface area contributed by atoms with Gasteiger partial charge in [0.15, 0.2) is 9.84 Å². The first-order valence-electron chi connectivity index (χ1n) is 14.5. The van der Waals surface area contributed by atoms with Gasteiger partial charge in [-0.15, -0.1) is 0 Å². The van der Waals surface area contributed by atoms with Crippen LogP contribution in [-0.4, -0.2) is 52.2 Å². The fraction of sp³-hybridized carbons (Fsp3) is 0.206. The van der Waals surface area contributed by atoms with Crippen molar-refractivity contribution >= 4 is 43.5 Å². The highest BCUT2D eigenvalue weighted by molar-refractivity contribution is 7.90. The van der Waals surface area contributed by atoms with Crippen LogP contribution in [0.4, 0.5) is 0 Å². The van der Waals surface area contributed by atoms with Crippen LogP contribution >= 0.6 is 11.6 Å². The lowest BCUT2D eigenvalue weighted by Crippen LogP contribution is -2.36. The number of nitrogens with zero attached hydrogens (tertiary/aromatic N) is 4. The molecule has 44 heavy (non-hydrogen) atoms. The van der Waals surface area contributed by atoms with E-state index in [0.717, 1.165) is 60.9 Å². The van der Waals surface area contributed by atoms with Crippen LogP contribution in [0.25, 0.3) is 44.6 Å². The molecule has 1 N–H and O–H groups in total. The average molecular weight is 624 g/mol. The van der Waals surface area contributed by atoms with Crippen molar-refractivity contribution in [2.45, 2.75) is 30.3 Å². The molecule has 1 saturated heterocycles. The number of fused-ring (bicyclic) bond motifs is 2. The quantitative estimate of drug-likeness (QED) is 0.227. The number of H-pyrrole nitrogens is 1. The van der Waals surface area contributed by atoms with Crippen molar-refractivity contribution in [3.8, 4) is 22.5 Å². The molecule has 10 heteroatoms. The third kappa shape index (κ3) is 5.43. The molecule has 8 nitrogen and oxygen atoms in total. The third-order valence-corrected chi connectivity index (χ3v) is 9.91. The van der Waals surface area contributed by atoms with Crippen LogP contribution in [-0.2, 0) is 16.4 Å². The summed E-state index contributed by atoms with van der Waals surface area (Å²) in [5.74, 6) is 0. The Bertz CT molecular complexity index is 2170. The fourth-order valence-corrected chi connectivity index (χ4v) is 7.46. The number of halogens is 1. The van der Waals surface area contributed by atoms with Crippen LogP contribution in [0.2, 0.25) is 5.02 Å². The van der Waals surface area contributed by atoms with Gasteiger partial charge in [-0.3, -0.25) is 9.47 Å². The van der Waals surface area contributed by atoms with Crippen molar-refractivity contribution in [1.29, 1.82) is 0 Å². The molecule has 4 aromatic carbocycles. The molecule has 0 unspecified atom stereocenters. The minimum absolute atomic E-state index is 0.0367. The number of imidazole rings is 1. The van der Waals surface area contributed by atoms with Crippen LogP contribution in [0, 0.1) is 0 Å². The van der Waals surface area contributed by atoms with E-state index >= 15 is 0 Å².